The van der Waals surface area contributed by atoms with Crippen molar-refractivity contribution in [2.24, 2.45) is 23.7 Å². The van der Waals surface area contributed by atoms with Crippen LogP contribution in [0.4, 0.5) is 0 Å². The first-order valence-electron chi connectivity index (χ1n) is 7.61. The average molecular weight is 252 g/mol. The molecule has 1 nitrogen and oxygen atoms in total. The maximum absolute atomic E-state index is 10.8. The summed E-state index contributed by atoms with van der Waals surface area (Å²) >= 11 is 0. The maximum Gasteiger partial charge on any atom is 0.0653 e. The summed E-state index contributed by atoms with van der Waals surface area (Å²) in [6, 6.07) is 0. The van der Waals surface area contributed by atoms with Crippen LogP contribution in [-0.4, -0.2) is 10.7 Å². The fourth-order valence-corrected chi connectivity index (χ4v) is 3.85. The van der Waals surface area contributed by atoms with Gasteiger partial charge in [-0.05, 0) is 70.1 Å². The van der Waals surface area contributed by atoms with Gasteiger partial charge < -0.3 is 5.11 Å². The molecule has 1 fully saturated rings. The van der Waals surface area contributed by atoms with Gasteiger partial charge in [-0.15, -0.1) is 0 Å². The molecule has 1 saturated carbocycles. The highest BCUT2D eigenvalue weighted by Gasteiger charge is 2.43. The van der Waals surface area contributed by atoms with Gasteiger partial charge in [0.1, 0.15) is 0 Å². The van der Waals surface area contributed by atoms with E-state index in [4.69, 9.17) is 0 Å². The van der Waals surface area contributed by atoms with E-state index >= 15 is 0 Å². The highest BCUT2D eigenvalue weighted by molar-refractivity contribution is 4.98. The molecule has 0 aliphatic heterocycles. The third kappa shape index (κ3) is 3.85. The Labute approximate surface area is 114 Å². The molecule has 0 radical (unpaired) electrons. The van der Waals surface area contributed by atoms with E-state index in [9.17, 15) is 5.11 Å². The monoisotopic (exact) mass is 252 g/mol. The second-order valence-corrected chi connectivity index (χ2v) is 7.13. The van der Waals surface area contributed by atoms with Crippen LogP contribution in [0, 0.1) is 23.7 Å². The van der Waals surface area contributed by atoms with Crippen LogP contribution in [0.3, 0.4) is 0 Å². The Morgan fingerprint density at radius 3 is 2.39 bits per heavy atom. The molecule has 1 aliphatic carbocycles. The van der Waals surface area contributed by atoms with E-state index in [0.29, 0.717) is 11.8 Å². The first-order chi connectivity index (χ1) is 8.25. The molecule has 0 aromatic carbocycles. The van der Waals surface area contributed by atoms with E-state index in [1.807, 2.05) is 0 Å². The number of aliphatic hydroxyl groups is 1. The molecule has 0 saturated heterocycles. The van der Waals surface area contributed by atoms with Gasteiger partial charge in [-0.2, -0.15) is 0 Å². The summed E-state index contributed by atoms with van der Waals surface area (Å²) in [7, 11) is 0. The van der Waals surface area contributed by atoms with Crippen molar-refractivity contribution in [2.45, 2.75) is 72.8 Å². The second kappa shape index (κ2) is 6.23. The predicted octanol–water partition coefficient (Wildman–Crippen LogP) is 4.80. The Balaban J connectivity index is 2.60. The topological polar surface area (TPSA) is 20.2 Å². The van der Waals surface area contributed by atoms with E-state index < -0.39 is 5.60 Å². The zero-order valence-corrected chi connectivity index (χ0v) is 13.2. The Morgan fingerprint density at radius 2 is 1.94 bits per heavy atom. The van der Waals surface area contributed by atoms with Crippen molar-refractivity contribution < 1.29 is 5.11 Å². The minimum atomic E-state index is -0.491. The molecule has 1 N–H and O–H groups in total. The van der Waals surface area contributed by atoms with Gasteiger partial charge in [-0.3, -0.25) is 0 Å². The number of hydrogen-bond acceptors (Lipinski definition) is 1. The molecule has 1 aliphatic rings. The minimum absolute atomic E-state index is 0.482. The molecule has 1 unspecified atom stereocenters. The van der Waals surface area contributed by atoms with Crippen LogP contribution in [0.1, 0.15) is 67.2 Å². The Bertz CT molecular complexity index is 284. The Kier molecular flexibility index (Phi) is 5.46. The van der Waals surface area contributed by atoms with E-state index in [1.54, 1.807) is 0 Å². The number of hydrogen-bond donors (Lipinski definition) is 1. The van der Waals surface area contributed by atoms with Crippen LogP contribution in [0.2, 0.25) is 0 Å². The van der Waals surface area contributed by atoms with Crippen LogP contribution < -0.4 is 0 Å². The zero-order valence-electron chi connectivity index (χ0n) is 13.2. The van der Waals surface area contributed by atoms with Crippen LogP contribution >= 0.6 is 0 Å². The van der Waals surface area contributed by atoms with Gasteiger partial charge in [0.2, 0.25) is 0 Å². The molecule has 0 amide bonds. The Hall–Kier alpha value is -0.300. The largest absolute Gasteiger partial charge is 0.390 e. The molecule has 0 aromatic heterocycles. The van der Waals surface area contributed by atoms with Gasteiger partial charge in [0.25, 0.3) is 0 Å². The van der Waals surface area contributed by atoms with E-state index in [-0.39, 0.29) is 0 Å². The van der Waals surface area contributed by atoms with Crippen LogP contribution in [0.25, 0.3) is 0 Å². The van der Waals surface area contributed by atoms with E-state index in [2.05, 4.69) is 47.6 Å². The second-order valence-electron chi connectivity index (χ2n) is 7.13. The molecule has 4 atom stereocenters. The van der Waals surface area contributed by atoms with Crippen molar-refractivity contribution >= 4 is 0 Å². The van der Waals surface area contributed by atoms with Gasteiger partial charge in [0, 0.05) is 0 Å². The van der Waals surface area contributed by atoms with Gasteiger partial charge in [-0.1, -0.05) is 32.4 Å². The van der Waals surface area contributed by atoms with Gasteiger partial charge in [0.05, 0.1) is 5.60 Å². The highest BCUT2D eigenvalue weighted by atomic mass is 16.3. The molecule has 0 aromatic rings. The lowest BCUT2D eigenvalue weighted by molar-refractivity contribution is -0.0264. The summed E-state index contributed by atoms with van der Waals surface area (Å²) in [4.78, 5) is 0. The quantitative estimate of drug-likeness (QED) is 0.697. The molecule has 0 heterocycles. The molecule has 0 spiro atoms. The fraction of sp³-hybridized carbons (Fsp3) is 0.882. The standard InChI is InChI=1S/C17H32O/c1-12(2)8-7-11-17(6,18)16-10-9-15(13(3)4)14(16)5/h8,13-16,18H,7,9-11H2,1-6H3/t14-,15?,16-,17+/m1/s1. The van der Waals surface area contributed by atoms with Crippen molar-refractivity contribution in [2.75, 3.05) is 0 Å². The lowest BCUT2D eigenvalue weighted by Gasteiger charge is -2.35. The van der Waals surface area contributed by atoms with E-state index in [1.165, 1.54) is 18.4 Å². The van der Waals surface area contributed by atoms with Gasteiger partial charge in [0.15, 0.2) is 0 Å². The van der Waals surface area contributed by atoms with Crippen molar-refractivity contribution in [1.82, 2.24) is 0 Å². The van der Waals surface area contributed by atoms with Crippen molar-refractivity contribution in [3.63, 3.8) is 0 Å². The van der Waals surface area contributed by atoms with Gasteiger partial charge in [-0.25, -0.2) is 0 Å². The molecule has 1 rings (SSSR count). The molecular weight excluding hydrogens is 220 g/mol. The highest BCUT2D eigenvalue weighted by Crippen LogP contribution is 2.46. The summed E-state index contributed by atoms with van der Waals surface area (Å²) in [5, 5.41) is 10.8. The molecule has 1 heteroatoms. The van der Waals surface area contributed by atoms with Crippen molar-refractivity contribution in [1.29, 1.82) is 0 Å². The smallest absolute Gasteiger partial charge is 0.0653 e. The fourth-order valence-electron chi connectivity index (χ4n) is 3.85. The average Bonchev–Trinajstić information content (AvgIpc) is 2.59. The van der Waals surface area contributed by atoms with Crippen molar-refractivity contribution in [3.8, 4) is 0 Å². The van der Waals surface area contributed by atoms with Crippen LogP contribution in [0.5, 0.6) is 0 Å². The summed E-state index contributed by atoms with van der Waals surface area (Å²) in [5.41, 5.74) is 0.861. The maximum atomic E-state index is 10.8. The normalized spacial score (nSPS) is 31.4. The first kappa shape index (κ1) is 15.8. The summed E-state index contributed by atoms with van der Waals surface area (Å²) in [6.45, 7) is 13.3. The SMILES string of the molecule is CC(C)=CCC[C@](C)(O)[C@@H]1CCC(C(C)C)[C@H]1C. The number of rotatable bonds is 5. The zero-order chi connectivity index (χ0) is 13.9. The summed E-state index contributed by atoms with van der Waals surface area (Å²) in [5.74, 6) is 2.69. The molecule has 18 heavy (non-hydrogen) atoms. The van der Waals surface area contributed by atoms with Crippen molar-refractivity contribution in [3.05, 3.63) is 11.6 Å². The third-order valence-corrected chi connectivity index (χ3v) is 4.98. The minimum Gasteiger partial charge on any atom is -0.390 e. The summed E-state index contributed by atoms with van der Waals surface area (Å²) in [6.07, 6.45) is 6.64. The number of allylic oxidation sites excluding steroid dienone is 2. The molecule has 106 valence electrons. The molecular formula is C17H32O. The molecule has 0 bridgehead atoms. The lowest BCUT2D eigenvalue weighted by Crippen LogP contribution is -2.37. The predicted molar refractivity (Wildman–Crippen MR) is 79.5 cm³/mol. The third-order valence-electron chi connectivity index (χ3n) is 4.98. The van der Waals surface area contributed by atoms with Crippen LogP contribution in [-0.2, 0) is 0 Å². The Morgan fingerprint density at radius 1 is 1.33 bits per heavy atom. The van der Waals surface area contributed by atoms with E-state index in [0.717, 1.165) is 24.7 Å². The van der Waals surface area contributed by atoms with Gasteiger partial charge >= 0.3 is 0 Å². The first-order valence-corrected chi connectivity index (χ1v) is 7.61. The summed E-state index contributed by atoms with van der Waals surface area (Å²) < 4.78 is 0. The van der Waals surface area contributed by atoms with Crippen LogP contribution in [0.15, 0.2) is 11.6 Å². The lowest BCUT2D eigenvalue weighted by atomic mass is 9.75.